The molecule has 3 N–H and O–H groups in total. The molecule has 0 aromatic heterocycles. The highest BCUT2D eigenvalue weighted by Crippen LogP contribution is 2.25. The van der Waals surface area contributed by atoms with E-state index in [2.05, 4.69) is 50.4 Å². The number of nitrogens with one attached hydrogen (secondary N) is 1. The predicted molar refractivity (Wildman–Crippen MR) is 94.3 cm³/mol. The largest absolute Gasteiger partial charge is 0.355 e. The van der Waals surface area contributed by atoms with Gasteiger partial charge in [-0.15, -0.1) is 24.2 Å². The molecule has 21 heavy (non-hydrogen) atoms. The van der Waals surface area contributed by atoms with Gasteiger partial charge in [0, 0.05) is 11.4 Å². The van der Waals surface area contributed by atoms with E-state index in [1.54, 1.807) is 11.8 Å². The van der Waals surface area contributed by atoms with E-state index in [4.69, 9.17) is 5.73 Å². The second-order valence-corrected chi connectivity index (χ2v) is 7.26. The summed E-state index contributed by atoms with van der Waals surface area (Å²) < 4.78 is 0. The summed E-state index contributed by atoms with van der Waals surface area (Å²) >= 11 is 1.56. The molecule has 0 saturated carbocycles. The van der Waals surface area contributed by atoms with Gasteiger partial charge in [-0.3, -0.25) is 4.79 Å². The summed E-state index contributed by atoms with van der Waals surface area (Å²) in [4.78, 5) is 12.8. The maximum absolute atomic E-state index is 11.7. The second kappa shape index (κ2) is 9.34. The summed E-state index contributed by atoms with van der Waals surface area (Å²) in [7, 11) is 0. The Bertz CT molecular complexity index is 429. The number of amides is 1. The number of benzene rings is 1. The molecule has 0 heterocycles. The van der Waals surface area contributed by atoms with Gasteiger partial charge in [-0.1, -0.05) is 39.8 Å². The second-order valence-electron chi connectivity index (χ2n) is 6.21. The molecule has 0 spiro atoms. The van der Waals surface area contributed by atoms with Crippen LogP contribution in [0.3, 0.4) is 0 Å². The topological polar surface area (TPSA) is 55.1 Å². The zero-order valence-electron chi connectivity index (χ0n) is 13.3. The highest BCUT2D eigenvalue weighted by Gasteiger charge is 2.13. The van der Waals surface area contributed by atoms with Gasteiger partial charge >= 0.3 is 0 Å². The van der Waals surface area contributed by atoms with Gasteiger partial charge < -0.3 is 11.1 Å². The minimum absolute atomic E-state index is 0. The number of rotatable bonds is 6. The Labute approximate surface area is 138 Å². The summed E-state index contributed by atoms with van der Waals surface area (Å²) in [5.41, 5.74) is 6.99. The van der Waals surface area contributed by atoms with Crippen molar-refractivity contribution < 1.29 is 4.79 Å². The first kappa shape index (κ1) is 20.3. The van der Waals surface area contributed by atoms with Crippen LogP contribution in [0, 0.1) is 5.92 Å². The molecule has 1 aromatic carbocycles. The van der Waals surface area contributed by atoms with E-state index < -0.39 is 0 Å². The molecular formula is C16H27ClN2OS. The van der Waals surface area contributed by atoms with Crippen molar-refractivity contribution in [2.75, 3.05) is 18.8 Å². The molecule has 0 aliphatic heterocycles. The molecule has 1 atom stereocenters. The quantitative estimate of drug-likeness (QED) is 0.787. The van der Waals surface area contributed by atoms with Crippen molar-refractivity contribution in [3.63, 3.8) is 0 Å². The molecule has 1 rings (SSSR count). The molecule has 120 valence electrons. The van der Waals surface area contributed by atoms with Crippen LogP contribution in [-0.2, 0) is 10.2 Å². The lowest BCUT2D eigenvalue weighted by atomic mass is 9.87. The van der Waals surface area contributed by atoms with Gasteiger partial charge in [0.1, 0.15) is 0 Å². The van der Waals surface area contributed by atoms with Crippen LogP contribution in [0.4, 0.5) is 0 Å². The highest BCUT2D eigenvalue weighted by molar-refractivity contribution is 8.00. The molecule has 0 radical (unpaired) electrons. The van der Waals surface area contributed by atoms with E-state index >= 15 is 0 Å². The van der Waals surface area contributed by atoms with E-state index in [9.17, 15) is 4.79 Å². The lowest BCUT2D eigenvalue weighted by Crippen LogP contribution is -2.32. The summed E-state index contributed by atoms with van der Waals surface area (Å²) in [6.45, 7) is 9.86. The smallest absolute Gasteiger partial charge is 0.230 e. The number of hydrogen-bond acceptors (Lipinski definition) is 3. The van der Waals surface area contributed by atoms with Crippen LogP contribution in [0.2, 0.25) is 0 Å². The number of hydrogen-bond donors (Lipinski definition) is 2. The van der Waals surface area contributed by atoms with Gasteiger partial charge in [-0.25, -0.2) is 0 Å². The Morgan fingerprint density at radius 2 is 1.86 bits per heavy atom. The molecule has 0 saturated heterocycles. The first-order valence-corrected chi connectivity index (χ1v) is 8.01. The monoisotopic (exact) mass is 330 g/mol. The van der Waals surface area contributed by atoms with Crippen LogP contribution in [-0.4, -0.2) is 24.7 Å². The fraction of sp³-hybridized carbons (Fsp3) is 0.562. The molecule has 3 nitrogen and oxygen atoms in total. The van der Waals surface area contributed by atoms with Gasteiger partial charge in [0.15, 0.2) is 0 Å². The Kier molecular flexibility index (Phi) is 9.02. The van der Waals surface area contributed by atoms with Crippen molar-refractivity contribution >= 4 is 30.1 Å². The zero-order valence-corrected chi connectivity index (χ0v) is 14.9. The van der Waals surface area contributed by atoms with Crippen molar-refractivity contribution in [3.05, 3.63) is 29.8 Å². The van der Waals surface area contributed by atoms with Gasteiger partial charge in [-0.2, -0.15) is 0 Å². The van der Waals surface area contributed by atoms with Crippen LogP contribution in [0.25, 0.3) is 0 Å². The summed E-state index contributed by atoms with van der Waals surface area (Å²) in [5.74, 6) is 0.844. The Morgan fingerprint density at radius 3 is 2.33 bits per heavy atom. The molecule has 0 bridgehead atoms. The summed E-state index contributed by atoms with van der Waals surface area (Å²) in [6.07, 6.45) is 0. The van der Waals surface area contributed by atoms with Gasteiger partial charge in [-0.05, 0) is 35.6 Å². The van der Waals surface area contributed by atoms with Gasteiger partial charge in [0.25, 0.3) is 0 Å². The summed E-state index contributed by atoms with van der Waals surface area (Å²) in [5, 5.41) is 2.90. The molecule has 1 amide bonds. The third kappa shape index (κ3) is 7.74. The minimum atomic E-state index is 0. The Balaban J connectivity index is 0.00000400. The third-order valence-electron chi connectivity index (χ3n) is 3.14. The Hall–Kier alpha value is -0.710. The fourth-order valence-corrected chi connectivity index (χ4v) is 2.35. The molecule has 1 aromatic rings. The third-order valence-corrected chi connectivity index (χ3v) is 4.15. The summed E-state index contributed by atoms with van der Waals surface area (Å²) in [6, 6.07) is 8.44. The van der Waals surface area contributed by atoms with E-state index in [1.807, 2.05) is 6.92 Å². The van der Waals surface area contributed by atoms with Crippen molar-refractivity contribution in [2.45, 2.75) is 38.0 Å². The van der Waals surface area contributed by atoms with E-state index in [0.29, 0.717) is 24.8 Å². The van der Waals surface area contributed by atoms with E-state index in [-0.39, 0.29) is 23.7 Å². The van der Waals surface area contributed by atoms with E-state index in [1.165, 1.54) is 5.56 Å². The van der Waals surface area contributed by atoms with Gasteiger partial charge in [0.05, 0.1) is 5.75 Å². The van der Waals surface area contributed by atoms with Crippen molar-refractivity contribution in [3.8, 4) is 0 Å². The molecule has 1 unspecified atom stereocenters. The maximum Gasteiger partial charge on any atom is 0.230 e. The van der Waals surface area contributed by atoms with E-state index in [0.717, 1.165) is 4.90 Å². The molecular weight excluding hydrogens is 304 g/mol. The van der Waals surface area contributed by atoms with Crippen LogP contribution >= 0.6 is 24.2 Å². The van der Waals surface area contributed by atoms with Crippen LogP contribution in [0.15, 0.2) is 29.2 Å². The van der Waals surface area contributed by atoms with Crippen LogP contribution in [0.5, 0.6) is 0 Å². The first-order chi connectivity index (χ1) is 9.32. The fourth-order valence-electron chi connectivity index (χ4n) is 1.62. The minimum Gasteiger partial charge on any atom is -0.355 e. The number of halogens is 1. The number of thioether (sulfide) groups is 1. The molecule has 0 aliphatic rings. The number of nitrogens with two attached hydrogens (primary N) is 1. The predicted octanol–water partition coefficient (Wildman–Crippen LogP) is 3.21. The van der Waals surface area contributed by atoms with Crippen molar-refractivity contribution in [2.24, 2.45) is 11.7 Å². The molecule has 5 heteroatoms. The number of carbonyl (C=O) groups is 1. The Morgan fingerprint density at radius 1 is 1.29 bits per heavy atom. The zero-order chi connectivity index (χ0) is 15.2. The van der Waals surface area contributed by atoms with Crippen LogP contribution < -0.4 is 11.1 Å². The SMILES string of the molecule is CC(CN)CNC(=O)CSc1ccc(C(C)(C)C)cc1.Cl. The molecule has 0 fully saturated rings. The highest BCUT2D eigenvalue weighted by atomic mass is 35.5. The first-order valence-electron chi connectivity index (χ1n) is 7.03. The van der Waals surface area contributed by atoms with Crippen LogP contribution in [0.1, 0.15) is 33.3 Å². The lowest BCUT2D eigenvalue weighted by molar-refractivity contribution is -0.118. The molecule has 0 aliphatic carbocycles. The van der Waals surface area contributed by atoms with Gasteiger partial charge in [0.2, 0.25) is 5.91 Å². The average molecular weight is 331 g/mol. The average Bonchev–Trinajstić information content (AvgIpc) is 2.41. The van der Waals surface area contributed by atoms with Crippen molar-refractivity contribution in [1.82, 2.24) is 5.32 Å². The van der Waals surface area contributed by atoms with Crippen molar-refractivity contribution in [1.29, 1.82) is 0 Å². The normalized spacial score (nSPS) is 12.4. The maximum atomic E-state index is 11.7. The lowest BCUT2D eigenvalue weighted by Gasteiger charge is -2.19. The standard InChI is InChI=1S/C16H26N2OS.ClH/c1-12(9-17)10-18-15(19)11-20-14-7-5-13(6-8-14)16(2,3)4;/h5-8,12H,9-11,17H2,1-4H3,(H,18,19);1H. The number of carbonyl (C=O) groups excluding carboxylic acids is 1.